The molecule has 0 aliphatic heterocycles. The number of carbonyl (C=O) groups excluding carboxylic acids is 1. The van der Waals surface area contributed by atoms with Crippen molar-refractivity contribution >= 4 is 5.97 Å². The Bertz CT molecular complexity index is 327. The summed E-state index contributed by atoms with van der Waals surface area (Å²) in [6.45, 7) is 3.92. The van der Waals surface area contributed by atoms with Gasteiger partial charge < -0.3 is 4.74 Å². The minimum Gasteiger partial charge on any atom is -0.468 e. The van der Waals surface area contributed by atoms with Gasteiger partial charge in [0.2, 0.25) is 0 Å². The highest BCUT2D eigenvalue weighted by Crippen LogP contribution is 2.10. The molecule has 1 heterocycles. The maximum atomic E-state index is 11.4. The summed E-state index contributed by atoms with van der Waals surface area (Å²) < 4.78 is 4.72. The molecule has 2 unspecified atom stereocenters. The van der Waals surface area contributed by atoms with Crippen LogP contribution in [0.15, 0.2) is 24.4 Å². The predicted molar refractivity (Wildman–Crippen MR) is 61.9 cm³/mol. The molecule has 0 aromatic carbocycles. The molecule has 88 valence electrons. The molecule has 4 heteroatoms. The van der Waals surface area contributed by atoms with E-state index in [1.54, 1.807) is 6.20 Å². The molecule has 1 aromatic rings. The third kappa shape index (κ3) is 3.31. The fourth-order valence-corrected chi connectivity index (χ4v) is 1.51. The molecule has 1 N–H and O–H groups in total. The fraction of sp³-hybridized carbons (Fsp3) is 0.500. The molecule has 4 nitrogen and oxygen atoms in total. The van der Waals surface area contributed by atoms with Crippen LogP contribution in [-0.4, -0.2) is 24.1 Å². The monoisotopic (exact) mass is 222 g/mol. The number of nitrogens with one attached hydrogen (secondary N) is 1. The summed E-state index contributed by atoms with van der Waals surface area (Å²) in [5.41, 5.74) is 0.921. The van der Waals surface area contributed by atoms with Gasteiger partial charge in [-0.05, 0) is 25.5 Å². The molecular formula is C12H18N2O2. The summed E-state index contributed by atoms with van der Waals surface area (Å²) in [4.78, 5) is 15.6. The summed E-state index contributed by atoms with van der Waals surface area (Å²) in [6.07, 6.45) is 2.44. The van der Waals surface area contributed by atoms with Crippen molar-refractivity contribution in [1.29, 1.82) is 0 Å². The maximum Gasteiger partial charge on any atom is 0.322 e. The lowest BCUT2D eigenvalue weighted by Gasteiger charge is -2.19. The molecule has 0 aliphatic carbocycles. The highest BCUT2D eigenvalue weighted by Gasteiger charge is 2.19. The zero-order chi connectivity index (χ0) is 12.0. The molecule has 0 aliphatic rings. The van der Waals surface area contributed by atoms with Crippen molar-refractivity contribution in [2.24, 2.45) is 0 Å². The van der Waals surface area contributed by atoms with Crippen LogP contribution in [0.1, 0.15) is 32.0 Å². The zero-order valence-corrected chi connectivity index (χ0v) is 9.93. The average Bonchev–Trinajstić information content (AvgIpc) is 2.35. The molecule has 0 saturated carbocycles. The highest BCUT2D eigenvalue weighted by molar-refractivity contribution is 5.75. The number of pyridine rings is 1. The minimum atomic E-state index is -0.276. The largest absolute Gasteiger partial charge is 0.468 e. The van der Waals surface area contributed by atoms with Crippen molar-refractivity contribution in [3.05, 3.63) is 30.1 Å². The molecule has 2 atom stereocenters. The average molecular weight is 222 g/mol. The van der Waals surface area contributed by atoms with Gasteiger partial charge in [-0.25, -0.2) is 0 Å². The number of carbonyl (C=O) groups is 1. The van der Waals surface area contributed by atoms with Crippen molar-refractivity contribution in [3.63, 3.8) is 0 Å². The van der Waals surface area contributed by atoms with Crippen LogP contribution in [0.2, 0.25) is 0 Å². The van der Waals surface area contributed by atoms with E-state index in [1.807, 2.05) is 32.0 Å². The highest BCUT2D eigenvalue weighted by atomic mass is 16.5. The number of rotatable bonds is 5. The quantitative estimate of drug-likeness (QED) is 0.770. The number of nitrogens with zero attached hydrogens (tertiary/aromatic N) is 1. The van der Waals surface area contributed by atoms with Crippen LogP contribution in [0, 0.1) is 0 Å². The van der Waals surface area contributed by atoms with E-state index >= 15 is 0 Å². The standard InChI is InChI=1S/C12H18N2O2/c1-4-10(12(15)16-3)14-9(2)11-7-5-6-8-13-11/h5-10,14H,4H2,1-3H3. The molecule has 16 heavy (non-hydrogen) atoms. The summed E-state index contributed by atoms with van der Waals surface area (Å²) >= 11 is 0. The Morgan fingerprint density at radius 2 is 2.31 bits per heavy atom. The van der Waals surface area contributed by atoms with Crippen molar-refractivity contribution in [2.75, 3.05) is 7.11 Å². The number of ether oxygens (including phenoxy) is 1. The molecular weight excluding hydrogens is 204 g/mol. The van der Waals surface area contributed by atoms with Crippen LogP contribution in [0.3, 0.4) is 0 Å². The Kier molecular flexibility index (Phi) is 4.92. The van der Waals surface area contributed by atoms with Crippen LogP contribution < -0.4 is 5.32 Å². The molecule has 0 amide bonds. The van der Waals surface area contributed by atoms with E-state index in [-0.39, 0.29) is 18.1 Å². The lowest BCUT2D eigenvalue weighted by molar-refractivity contribution is -0.143. The van der Waals surface area contributed by atoms with Gasteiger partial charge in [0.15, 0.2) is 0 Å². The van der Waals surface area contributed by atoms with Crippen molar-refractivity contribution < 1.29 is 9.53 Å². The zero-order valence-electron chi connectivity index (χ0n) is 9.93. The van der Waals surface area contributed by atoms with Gasteiger partial charge in [-0.3, -0.25) is 15.1 Å². The van der Waals surface area contributed by atoms with E-state index in [2.05, 4.69) is 10.3 Å². The summed E-state index contributed by atoms with van der Waals surface area (Å²) in [5.74, 6) is -0.231. The molecule has 0 saturated heterocycles. The van der Waals surface area contributed by atoms with Gasteiger partial charge in [0, 0.05) is 12.2 Å². The van der Waals surface area contributed by atoms with Gasteiger partial charge in [-0.1, -0.05) is 13.0 Å². The number of hydrogen-bond donors (Lipinski definition) is 1. The van der Waals surface area contributed by atoms with E-state index in [0.29, 0.717) is 6.42 Å². The normalized spacial score (nSPS) is 14.2. The Morgan fingerprint density at radius 1 is 1.56 bits per heavy atom. The lowest BCUT2D eigenvalue weighted by Crippen LogP contribution is -2.38. The van der Waals surface area contributed by atoms with Gasteiger partial charge in [0.1, 0.15) is 6.04 Å². The lowest BCUT2D eigenvalue weighted by atomic mass is 10.1. The molecule has 0 bridgehead atoms. The van der Waals surface area contributed by atoms with Crippen LogP contribution in [-0.2, 0) is 9.53 Å². The van der Waals surface area contributed by atoms with E-state index in [0.717, 1.165) is 5.69 Å². The third-order valence-electron chi connectivity index (χ3n) is 2.48. The van der Waals surface area contributed by atoms with Crippen LogP contribution in [0.5, 0.6) is 0 Å². The van der Waals surface area contributed by atoms with Crippen molar-refractivity contribution in [1.82, 2.24) is 10.3 Å². The van der Waals surface area contributed by atoms with E-state index < -0.39 is 0 Å². The summed E-state index contributed by atoms with van der Waals surface area (Å²) in [5, 5.41) is 3.20. The second kappa shape index (κ2) is 6.23. The molecule has 0 fully saturated rings. The Labute approximate surface area is 96.0 Å². The summed E-state index contributed by atoms with van der Waals surface area (Å²) in [6, 6.07) is 5.49. The smallest absolute Gasteiger partial charge is 0.322 e. The first-order valence-electron chi connectivity index (χ1n) is 5.43. The maximum absolute atomic E-state index is 11.4. The second-order valence-corrected chi connectivity index (χ2v) is 3.63. The van der Waals surface area contributed by atoms with E-state index in [1.165, 1.54) is 7.11 Å². The molecule has 1 rings (SSSR count). The number of methoxy groups -OCH3 is 1. The summed E-state index contributed by atoms with van der Waals surface area (Å²) in [7, 11) is 1.40. The Morgan fingerprint density at radius 3 is 2.81 bits per heavy atom. The third-order valence-corrected chi connectivity index (χ3v) is 2.48. The molecule has 0 spiro atoms. The van der Waals surface area contributed by atoms with Gasteiger partial charge in [-0.15, -0.1) is 0 Å². The number of aromatic nitrogens is 1. The first kappa shape index (κ1) is 12.6. The van der Waals surface area contributed by atoms with Crippen LogP contribution in [0.4, 0.5) is 0 Å². The van der Waals surface area contributed by atoms with E-state index in [9.17, 15) is 4.79 Å². The van der Waals surface area contributed by atoms with Gasteiger partial charge in [-0.2, -0.15) is 0 Å². The van der Waals surface area contributed by atoms with Crippen LogP contribution >= 0.6 is 0 Å². The first-order chi connectivity index (χ1) is 7.69. The van der Waals surface area contributed by atoms with Gasteiger partial charge in [0.05, 0.1) is 12.8 Å². The first-order valence-corrected chi connectivity index (χ1v) is 5.43. The SMILES string of the molecule is CCC(NC(C)c1ccccn1)C(=O)OC. The van der Waals surface area contributed by atoms with Gasteiger partial charge in [0.25, 0.3) is 0 Å². The molecule has 0 radical (unpaired) electrons. The topological polar surface area (TPSA) is 51.2 Å². The van der Waals surface area contributed by atoms with Crippen LogP contribution in [0.25, 0.3) is 0 Å². The minimum absolute atomic E-state index is 0.0326. The fourth-order valence-electron chi connectivity index (χ4n) is 1.51. The Hall–Kier alpha value is -1.42. The van der Waals surface area contributed by atoms with Gasteiger partial charge >= 0.3 is 5.97 Å². The predicted octanol–water partition coefficient (Wildman–Crippen LogP) is 1.68. The Balaban J connectivity index is 2.62. The number of hydrogen-bond acceptors (Lipinski definition) is 4. The van der Waals surface area contributed by atoms with Crippen molar-refractivity contribution in [2.45, 2.75) is 32.4 Å². The molecule has 1 aromatic heterocycles. The number of esters is 1. The van der Waals surface area contributed by atoms with Crippen molar-refractivity contribution in [3.8, 4) is 0 Å². The van der Waals surface area contributed by atoms with E-state index in [4.69, 9.17) is 4.74 Å². The second-order valence-electron chi connectivity index (χ2n) is 3.63.